The Morgan fingerprint density at radius 2 is 1.63 bits per heavy atom. The maximum atomic E-state index is 13.9. The molecular weight excluding hydrogens is 686 g/mol. The highest BCUT2D eigenvalue weighted by Crippen LogP contribution is 2.14. The summed E-state index contributed by atoms with van der Waals surface area (Å²) in [5.74, 6) is -1.82. The van der Waals surface area contributed by atoms with Crippen molar-refractivity contribution in [2.75, 3.05) is 26.2 Å². The van der Waals surface area contributed by atoms with E-state index in [-0.39, 0.29) is 50.3 Å². The summed E-state index contributed by atoms with van der Waals surface area (Å²) in [7, 11) is 0. The third-order valence-corrected chi connectivity index (χ3v) is 6.95. The summed E-state index contributed by atoms with van der Waals surface area (Å²) in [6.07, 6.45) is -0.0267. The average Bonchev–Trinajstić information content (AvgIpc) is 2.88. The number of nitrogens with one attached hydrogen (secondary N) is 2. The van der Waals surface area contributed by atoms with E-state index in [9.17, 15) is 23.8 Å². The highest BCUT2D eigenvalue weighted by molar-refractivity contribution is 14.1. The normalized spacial score (nSPS) is 12.3. The molecule has 0 saturated carbocycles. The molecule has 0 heterocycles. The second-order valence-electron chi connectivity index (χ2n) is 9.59. The summed E-state index contributed by atoms with van der Waals surface area (Å²) >= 11 is 2.23. The van der Waals surface area contributed by atoms with Crippen LogP contribution in [0.3, 0.4) is 0 Å². The van der Waals surface area contributed by atoms with Crippen LogP contribution >= 0.6 is 47.4 Å². The van der Waals surface area contributed by atoms with Gasteiger partial charge in [0.05, 0.1) is 18.8 Å². The van der Waals surface area contributed by atoms with E-state index in [2.05, 4.69) is 45.0 Å². The zero-order valence-electron chi connectivity index (χ0n) is 22.9. The minimum Gasteiger partial charge on any atom is -0.395 e. The Kier molecular flexibility index (Phi) is 17.5. The Labute approximate surface area is 266 Å². The molecule has 0 radical (unpaired) electrons. The number of benzene rings is 3. The lowest BCUT2D eigenvalue weighted by Crippen LogP contribution is -2.48. The molecule has 0 aliphatic carbocycles. The first kappa shape index (κ1) is 37.2. The van der Waals surface area contributed by atoms with Crippen molar-refractivity contribution in [3.8, 4) is 0 Å². The van der Waals surface area contributed by atoms with Gasteiger partial charge in [0.2, 0.25) is 0 Å². The second kappa shape index (κ2) is 19.4. The number of hydrogen-bond acceptors (Lipinski definition) is 5. The number of hydrogen-bond donors (Lipinski definition) is 4. The van der Waals surface area contributed by atoms with E-state index in [4.69, 9.17) is 0 Å². The third kappa shape index (κ3) is 12.9. The number of halogens is 5. The summed E-state index contributed by atoms with van der Waals surface area (Å²) in [6.45, 7) is 4.77. The van der Waals surface area contributed by atoms with Gasteiger partial charge in [-0.1, -0.05) is 31.2 Å². The fourth-order valence-corrected chi connectivity index (χ4v) is 5.08. The molecule has 0 aromatic heterocycles. The lowest BCUT2D eigenvalue weighted by molar-refractivity contribution is 0.0829. The molecule has 3 aromatic rings. The van der Waals surface area contributed by atoms with Crippen LogP contribution in [0.25, 0.3) is 0 Å². The highest BCUT2D eigenvalue weighted by Gasteiger charge is 2.23. The van der Waals surface area contributed by atoms with Gasteiger partial charge in [0.1, 0.15) is 11.6 Å². The fraction of sp³-hybridized carbons (Fsp3) is 0.367. The molecule has 4 N–H and O–H groups in total. The predicted molar refractivity (Wildman–Crippen MR) is 172 cm³/mol. The van der Waals surface area contributed by atoms with Crippen LogP contribution < -0.4 is 10.6 Å². The zero-order valence-corrected chi connectivity index (χ0v) is 26.7. The molecule has 3 aromatic carbocycles. The molecule has 1 amide bonds. The van der Waals surface area contributed by atoms with Crippen LogP contribution in [0, 0.1) is 15.2 Å². The summed E-state index contributed by atoms with van der Waals surface area (Å²) in [5, 5.41) is 26.5. The maximum absolute atomic E-state index is 13.9. The van der Waals surface area contributed by atoms with Gasteiger partial charge in [-0.05, 0) is 95.1 Å². The Morgan fingerprint density at radius 3 is 2.29 bits per heavy atom. The van der Waals surface area contributed by atoms with Crippen molar-refractivity contribution in [3.63, 3.8) is 0 Å². The quantitative estimate of drug-likeness (QED) is 0.164. The van der Waals surface area contributed by atoms with Gasteiger partial charge < -0.3 is 20.8 Å². The van der Waals surface area contributed by atoms with E-state index in [0.717, 1.165) is 33.7 Å². The predicted octanol–water partition coefficient (Wildman–Crippen LogP) is 5.11. The van der Waals surface area contributed by atoms with Gasteiger partial charge in [0.25, 0.3) is 5.91 Å². The van der Waals surface area contributed by atoms with Gasteiger partial charge in [0.15, 0.2) is 0 Å². The van der Waals surface area contributed by atoms with Crippen molar-refractivity contribution >= 4 is 53.3 Å². The monoisotopic (exact) mass is 723 g/mol. The van der Waals surface area contributed by atoms with E-state index in [1.165, 1.54) is 12.1 Å². The van der Waals surface area contributed by atoms with Crippen molar-refractivity contribution < 1.29 is 23.8 Å². The molecule has 0 saturated heterocycles. The average molecular weight is 724 g/mol. The van der Waals surface area contributed by atoms with Crippen LogP contribution in [0.2, 0.25) is 0 Å². The van der Waals surface area contributed by atoms with E-state index in [0.29, 0.717) is 30.8 Å². The fourth-order valence-electron chi connectivity index (χ4n) is 4.47. The summed E-state index contributed by atoms with van der Waals surface area (Å²) < 4.78 is 28.8. The van der Waals surface area contributed by atoms with Gasteiger partial charge in [-0.2, -0.15) is 0 Å². The van der Waals surface area contributed by atoms with Crippen molar-refractivity contribution in [2.45, 2.75) is 45.0 Å². The van der Waals surface area contributed by atoms with Gasteiger partial charge in [0, 0.05) is 41.4 Å². The van der Waals surface area contributed by atoms with Crippen LogP contribution in [-0.2, 0) is 19.5 Å². The molecule has 6 nitrogen and oxygen atoms in total. The van der Waals surface area contributed by atoms with Crippen LogP contribution in [0.4, 0.5) is 8.78 Å². The maximum Gasteiger partial charge on any atom is 0.251 e. The first-order valence-corrected chi connectivity index (χ1v) is 14.2. The highest BCUT2D eigenvalue weighted by atomic mass is 127. The second-order valence-corrected chi connectivity index (χ2v) is 10.8. The molecule has 41 heavy (non-hydrogen) atoms. The number of carbonyl (C=O) groups excluding carboxylic acids is 1. The van der Waals surface area contributed by atoms with Crippen molar-refractivity contribution in [3.05, 3.63) is 104 Å². The number of aliphatic hydroxyl groups excluding tert-OH is 2. The van der Waals surface area contributed by atoms with Crippen molar-refractivity contribution in [2.24, 2.45) is 0 Å². The molecule has 0 spiro atoms. The van der Waals surface area contributed by atoms with Crippen molar-refractivity contribution in [1.82, 2.24) is 15.5 Å². The van der Waals surface area contributed by atoms with E-state index >= 15 is 0 Å². The van der Waals surface area contributed by atoms with Crippen LogP contribution in [0.1, 0.15) is 40.4 Å². The molecule has 0 aliphatic rings. The molecule has 0 bridgehead atoms. The Morgan fingerprint density at radius 1 is 0.951 bits per heavy atom. The van der Waals surface area contributed by atoms with Gasteiger partial charge in [-0.15, -0.1) is 24.8 Å². The van der Waals surface area contributed by atoms with Crippen molar-refractivity contribution in [1.29, 1.82) is 0 Å². The topological polar surface area (TPSA) is 84.8 Å². The first-order chi connectivity index (χ1) is 18.8. The molecule has 0 unspecified atom stereocenters. The number of amides is 1. The minimum atomic E-state index is -1.02. The molecular formula is C30H38Cl2F2IN3O3. The summed E-state index contributed by atoms with van der Waals surface area (Å²) in [6, 6.07) is 17.6. The third-order valence-electron chi connectivity index (χ3n) is 6.28. The molecule has 11 heteroatoms. The summed E-state index contributed by atoms with van der Waals surface area (Å²) in [4.78, 5) is 15.4. The van der Waals surface area contributed by atoms with Crippen LogP contribution in [0.5, 0.6) is 0 Å². The minimum absolute atomic E-state index is 0. The zero-order chi connectivity index (χ0) is 28.2. The van der Waals surface area contributed by atoms with Gasteiger partial charge in [-0.25, -0.2) is 8.78 Å². The van der Waals surface area contributed by atoms with E-state index in [1.54, 1.807) is 18.2 Å². The number of nitrogens with zero attached hydrogens (tertiary/aromatic N) is 1. The molecule has 2 atom stereocenters. The standard InChI is InChI=1S/C30H36F2IN3O3.2ClH/c1-2-9-36(10-11-37)20-22-6-3-7-24(12-22)30(39)35-28(16-23-13-25(31)17-26(32)14-23)29(38)19-34-18-21-5-4-8-27(33)15-21;;/h3-8,12-15,17,28-29,34,37-38H,2,9-11,16,18-20H2,1H3,(H,35,39);2*1H/t28-,29-;;/m0../s1. The van der Waals surface area contributed by atoms with Gasteiger partial charge >= 0.3 is 0 Å². The van der Waals surface area contributed by atoms with E-state index in [1.807, 2.05) is 30.3 Å². The van der Waals surface area contributed by atoms with E-state index < -0.39 is 23.8 Å². The Balaban J connectivity index is 0.00000420. The Bertz CT molecular complexity index is 1200. The largest absolute Gasteiger partial charge is 0.395 e. The number of rotatable bonds is 15. The molecule has 0 fully saturated rings. The lowest BCUT2D eigenvalue weighted by Gasteiger charge is -2.25. The smallest absolute Gasteiger partial charge is 0.251 e. The summed E-state index contributed by atoms with van der Waals surface area (Å²) in [5.41, 5.74) is 2.73. The number of aliphatic hydroxyl groups is 2. The SMILES string of the molecule is CCCN(CCO)Cc1cccc(C(=O)N[C@@H](Cc2cc(F)cc(F)c2)[C@@H](O)CNCc2cccc(I)c2)c1.Cl.Cl. The van der Waals surface area contributed by atoms with Crippen LogP contribution in [-0.4, -0.2) is 59.4 Å². The molecule has 0 aliphatic heterocycles. The van der Waals surface area contributed by atoms with Gasteiger partial charge in [-0.3, -0.25) is 9.69 Å². The molecule has 3 rings (SSSR count). The first-order valence-electron chi connectivity index (χ1n) is 13.1. The lowest BCUT2D eigenvalue weighted by atomic mass is 9.99. The number of carbonyl (C=O) groups is 1. The van der Waals surface area contributed by atoms with Crippen LogP contribution in [0.15, 0.2) is 66.7 Å². The molecule has 226 valence electrons. The Hall–Kier alpha value is -1.86.